The molecule has 4 nitrogen and oxygen atoms in total. The van der Waals surface area contributed by atoms with Gasteiger partial charge in [0.1, 0.15) is 0 Å². The van der Waals surface area contributed by atoms with Crippen LogP contribution < -0.4 is 11.1 Å². The molecule has 0 aliphatic heterocycles. The van der Waals surface area contributed by atoms with E-state index in [0.29, 0.717) is 17.8 Å². The second-order valence-electron chi connectivity index (χ2n) is 4.81. The summed E-state index contributed by atoms with van der Waals surface area (Å²) < 4.78 is 6.05. The zero-order valence-electron chi connectivity index (χ0n) is 11.1. The zero-order valence-corrected chi connectivity index (χ0v) is 12.7. The van der Waals surface area contributed by atoms with Crippen molar-refractivity contribution in [1.29, 1.82) is 0 Å². The number of ether oxygens (including phenoxy) is 1. The molecule has 1 aromatic rings. The van der Waals surface area contributed by atoms with Gasteiger partial charge in [-0.25, -0.2) is 0 Å². The van der Waals surface area contributed by atoms with E-state index in [0.717, 1.165) is 10.0 Å². The van der Waals surface area contributed by atoms with Crippen molar-refractivity contribution in [2.24, 2.45) is 0 Å². The van der Waals surface area contributed by atoms with Crippen molar-refractivity contribution in [3.8, 4) is 0 Å². The fraction of sp³-hybridized carbons (Fsp3) is 0.462. The molecule has 0 heterocycles. The number of amides is 1. The number of hydrogen-bond donors (Lipinski definition) is 2. The number of nitrogens with one attached hydrogen (secondary N) is 1. The predicted molar refractivity (Wildman–Crippen MR) is 76.7 cm³/mol. The van der Waals surface area contributed by atoms with Crippen molar-refractivity contribution in [2.75, 3.05) is 19.4 Å². The number of carbonyl (C=O) groups is 1. The van der Waals surface area contributed by atoms with E-state index in [1.54, 1.807) is 19.2 Å². The maximum Gasteiger partial charge on any atom is 0.251 e. The van der Waals surface area contributed by atoms with Crippen LogP contribution in [-0.2, 0) is 4.74 Å². The molecule has 0 unspecified atom stereocenters. The van der Waals surface area contributed by atoms with Gasteiger partial charge < -0.3 is 15.8 Å². The zero-order chi connectivity index (χ0) is 13.9. The molecule has 0 aliphatic carbocycles. The number of halogens is 1. The van der Waals surface area contributed by atoms with Crippen LogP contribution in [0.2, 0.25) is 0 Å². The summed E-state index contributed by atoms with van der Waals surface area (Å²) >= 11 is 3.34. The molecule has 0 fully saturated rings. The summed E-state index contributed by atoms with van der Waals surface area (Å²) in [5.74, 6) is -0.148. The van der Waals surface area contributed by atoms with E-state index < -0.39 is 0 Å². The van der Waals surface area contributed by atoms with Crippen molar-refractivity contribution in [1.82, 2.24) is 5.32 Å². The van der Waals surface area contributed by atoms with Crippen molar-refractivity contribution >= 4 is 27.5 Å². The van der Waals surface area contributed by atoms with E-state index in [1.165, 1.54) is 0 Å². The van der Waals surface area contributed by atoms with Crippen LogP contribution >= 0.6 is 15.9 Å². The molecule has 0 saturated carbocycles. The maximum atomic E-state index is 12.1. The number of anilines is 1. The minimum atomic E-state index is -0.388. The standard InChI is InChI=1S/C13H19BrN2O2/c1-8-10(5-9(14)6-11(8)15)12(17)16-7-13(2,3)18-4/h5-6H,7,15H2,1-4H3,(H,16,17). The first-order chi connectivity index (χ1) is 8.26. The predicted octanol–water partition coefficient (Wildman–Crippen LogP) is 2.49. The third kappa shape index (κ3) is 3.71. The van der Waals surface area contributed by atoms with E-state index in [9.17, 15) is 4.79 Å². The Morgan fingerprint density at radius 1 is 1.50 bits per heavy atom. The lowest BCUT2D eigenvalue weighted by atomic mass is 10.1. The number of rotatable bonds is 4. The highest BCUT2D eigenvalue weighted by Gasteiger charge is 2.19. The maximum absolute atomic E-state index is 12.1. The Labute approximate surface area is 116 Å². The van der Waals surface area contributed by atoms with Gasteiger partial charge >= 0.3 is 0 Å². The normalized spacial score (nSPS) is 11.4. The lowest BCUT2D eigenvalue weighted by Crippen LogP contribution is -2.40. The molecule has 100 valence electrons. The van der Waals surface area contributed by atoms with Crippen LogP contribution in [0.25, 0.3) is 0 Å². The molecule has 1 amide bonds. The van der Waals surface area contributed by atoms with Gasteiger partial charge in [0.2, 0.25) is 0 Å². The van der Waals surface area contributed by atoms with Crippen LogP contribution in [0, 0.1) is 6.92 Å². The largest absolute Gasteiger partial charge is 0.398 e. The molecule has 0 saturated heterocycles. The molecule has 0 aliphatic rings. The Kier molecular flexibility index (Phi) is 4.76. The quantitative estimate of drug-likeness (QED) is 0.839. The Hall–Kier alpha value is -1.07. The monoisotopic (exact) mass is 314 g/mol. The number of nitrogen functional groups attached to an aromatic ring is 1. The van der Waals surface area contributed by atoms with Crippen LogP contribution in [-0.4, -0.2) is 25.2 Å². The lowest BCUT2D eigenvalue weighted by Gasteiger charge is -2.23. The fourth-order valence-electron chi connectivity index (χ4n) is 1.40. The van der Waals surface area contributed by atoms with Crippen molar-refractivity contribution in [3.63, 3.8) is 0 Å². The van der Waals surface area contributed by atoms with Gasteiger partial charge in [-0.3, -0.25) is 4.79 Å². The van der Waals surface area contributed by atoms with E-state index in [-0.39, 0.29) is 11.5 Å². The van der Waals surface area contributed by atoms with E-state index in [1.807, 2.05) is 20.8 Å². The summed E-state index contributed by atoms with van der Waals surface area (Å²) in [6, 6.07) is 3.55. The second kappa shape index (κ2) is 5.71. The highest BCUT2D eigenvalue weighted by atomic mass is 79.9. The highest BCUT2D eigenvalue weighted by Crippen LogP contribution is 2.22. The topological polar surface area (TPSA) is 64.3 Å². The van der Waals surface area contributed by atoms with Gasteiger partial charge in [0, 0.05) is 29.4 Å². The Balaban J connectivity index is 2.85. The SMILES string of the molecule is COC(C)(C)CNC(=O)c1cc(Br)cc(N)c1C. The number of nitrogens with two attached hydrogens (primary N) is 1. The lowest BCUT2D eigenvalue weighted by molar-refractivity contribution is 0.0228. The minimum Gasteiger partial charge on any atom is -0.398 e. The Morgan fingerprint density at radius 2 is 2.11 bits per heavy atom. The Morgan fingerprint density at radius 3 is 2.67 bits per heavy atom. The van der Waals surface area contributed by atoms with Gasteiger partial charge in [0.05, 0.1) is 5.60 Å². The number of hydrogen-bond acceptors (Lipinski definition) is 3. The number of benzene rings is 1. The van der Waals surface area contributed by atoms with Crippen LogP contribution in [0.15, 0.2) is 16.6 Å². The molecular weight excluding hydrogens is 296 g/mol. The summed E-state index contributed by atoms with van der Waals surface area (Å²) in [5.41, 5.74) is 7.40. The molecule has 1 rings (SSSR count). The molecule has 18 heavy (non-hydrogen) atoms. The summed E-state index contributed by atoms with van der Waals surface area (Å²) in [7, 11) is 1.62. The first kappa shape index (κ1) is 15.0. The number of carbonyl (C=O) groups excluding carboxylic acids is 1. The minimum absolute atomic E-state index is 0.148. The summed E-state index contributed by atoms with van der Waals surface area (Å²) in [4.78, 5) is 12.1. The molecule has 0 radical (unpaired) electrons. The molecule has 0 aromatic heterocycles. The van der Waals surface area contributed by atoms with Crippen LogP contribution in [0.4, 0.5) is 5.69 Å². The molecule has 5 heteroatoms. The first-order valence-electron chi connectivity index (χ1n) is 5.66. The van der Waals surface area contributed by atoms with Gasteiger partial charge in [-0.05, 0) is 38.5 Å². The smallest absolute Gasteiger partial charge is 0.251 e. The second-order valence-corrected chi connectivity index (χ2v) is 5.73. The molecule has 3 N–H and O–H groups in total. The van der Waals surface area contributed by atoms with E-state index in [2.05, 4.69) is 21.2 Å². The van der Waals surface area contributed by atoms with Gasteiger partial charge in [-0.1, -0.05) is 15.9 Å². The third-order valence-corrected chi connectivity index (χ3v) is 3.34. The van der Waals surface area contributed by atoms with Gasteiger partial charge in [0.15, 0.2) is 0 Å². The fourth-order valence-corrected chi connectivity index (χ4v) is 1.87. The average Bonchev–Trinajstić information content (AvgIpc) is 2.31. The van der Waals surface area contributed by atoms with E-state index >= 15 is 0 Å². The molecule has 0 spiro atoms. The average molecular weight is 315 g/mol. The molecular formula is C13H19BrN2O2. The summed E-state index contributed by atoms with van der Waals surface area (Å²) in [6.07, 6.45) is 0. The molecule has 0 bridgehead atoms. The van der Waals surface area contributed by atoms with E-state index in [4.69, 9.17) is 10.5 Å². The first-order valence-corrected chi connectivity index (χ1v) is 6.45. The van der Waals surface area contributed by atoms with Crippen LogP contribution in [0.1, 0.15) is 29.8 Å². The van der Waals surface area contributed by atoms with Crippen molar-refractivity contribution in [2.45, 2.75) is 26.4 Å². The van der Waals surface area contributed by atoms with Crippen LogP contribution in [0.5, 0.6) is 0 Å². The van der Waals surface area contributed by atoms with Crippen molar-refractivity contribution in [3.05, 3.63) is 27.7 Å². The van der Waals surface area contributed by atoms with Gasteiger partial charge in [0.25, 0.3) is 5.91 Å². The third-order valence-electron chi connectivity index (χ3n) is 2.88. The van der Waals surface area contributed by atoms with Gasteiger partial charge in [-0.15, -0.1) is 0 Å². The van der Waals surface area contributed by atoms with Crippen molar-refractivity contribution < 1.29 is 9.53 Å². The summed E-state index contributed by atoms with van der Waals surface area (Å²) in [5, 5.41) is 2.85. The Bertz CT molecular complexity index is 459. The summed E-state index contributed by atoms with van der Waals surface area (Å²) in [6.45, 7) is 6.09. The van der Waals surface area contributed by atoms with Gasteiger partial charge in [-0.2, -0.15) is 0 Å². The van der Waals surface area contributed by atoms with Crippen LogP contribution in [0.3, 0.4) is 0 Å². The number of methoxy groups -OCH3 is 1. The molecule has 0 atom stereocenters. The highest BCUT2D eigenvalue weighted by molar-refractivity contribution is 9.10. The molecule has 1 aromatic carbocycles.